The van der Waals surface area contributed by atoms with Gasteiger partial charge >= 0.3 is 6.03 Å². The van der Waals surface area contributed by atoms with E-state index in [0.717, 1.165) is 29.2 Å². The molecule has 0 saturated carbocycles. The lowest BCUT2D eigenvalue weighted by Gasteiger charge is -2.34. The summed E-state index contributed by atoms with van der Waals surface area (Å²) in [7, 11) is 1.62. The van der Waals surface area contributed by atoms with Crippen molar-refractivity contribution in [2.75, 3.05) is 38.6 Å². The molecule has 0 radical (unpaired) electrons. The summed E-state index contributed by atoms with van der Waals surface area (Å²) in [5, 5.41) is 5.84. The molecule has 2 fully saturated rings. The fraction of sp³-hybridized carbons (Fsp3) is 0.471. The number of benzene rings is 1. The van der Waals surface area contributed by atoms with Crippen molar-refractivity contribution in [2.24, 2.45) is 0 Å². The minimum absolute atomic E-state index is 0.0340. The maximum Gasteiger partial charge on any atom is 0.325 e. The maximum atomic E-state index is 12.4. The fourth-order valence-corrected chi connectivity index (χ4v) is 3.10. The van der Waals surface area contributed by atoms with Crippen molar-refractivity contribution in [1.82, 2.24) is 15.1 Å². The summed E-state index contributed by atoms with van der Waals surface area (Å²) in [6, 6.07) is 7.27. The summed E-state index contributed by atoms with van der Waals surface area (Å²) < 4.78 is 5.14. The topological polar surface area (TPSA) is 91.0 Å². The number of urea groups is 1. The van der Waals surface area contributed by atoms with E-state index in [-0.39, 0.29) is 30.9 Å². The number of imide groups is 1. The number of amides is 4. The smallest absolute Gasteiger partial charge is 0.325 e. The Hall–Kier alpha value is -2.77. The van der Waals surface area contributed by atoms with Gasteiger partial charge in [-0.3, -0.25) is 14.5 Å². The lowest BCUT2D eigenvalue weighted by atomic mass is 10.1. The highest BCUT2D eigenvalue weighted by atomic mass is 16.5. The zero-order chi connectivity index (χ0) is 17.8. The molecule has 0 bridgehead atoms. The van der Waals surface area contributed by atoms with E-state index < -0.39 is 6.03 Å². The molecular weight excluding hydrogens is 324 g/mol. The molecule has 1 aromatic rings. The van der Waals surface area contributed by atoms with Gasteiger partial charge in [-0.15, -0.1) is 0 Å². The number of hydrogen-bond acceptors (Lipinski definition) is 5. The first-order valence-corrected chi connectivity index (χ1v) is 8.33. The fourth-order valence-electron chi connectivity index (χ4n) is 3.10. The molecule has 8 nitrogen and oxygen atoms in total. The average Bonchev–Trinajstić information content (AvgIpc) is 2.94. The second-order valence-corrected chi connectivity index (χ2v) is 6.19. The van der Waals surface area contributed by atoms with Crippen LogP contribution in [0.2, 0.25) is 0 Å². The van der Waals surface area contributed by atoms with E-state index in [1.54, 1.807) is 12.0 Å². The first-order chi connectivity index (χ1) is 12.1. The number of piperidine rings is 1. The molecule has 134 valence electrons. The molecule has 0 unspecified atom stereocenters. The molecule has 25 heavy (non-hydrogen) atoms. The monoisotopic (exact) mass is 346 g/mol. The molecule has 1 aromatic carbocycles. The number of likely N-dealkylation sites (tertiary alicyclic amines) is 1. The van der Waals surface area contributed by atoms with E-state index >= 15 is 0 Å². The molecule has 2 heterocycles. The van der Waals surface area contributed by atoms with Crippen molar-refractivity contribution in [3.05, 3.63) is 24.3 Å². The molecule has 8 heteroatoms. The minimum Gasteiger partial charge on any atom is -0.497 e. The van der Waals surface area contributed by atoms with E-state index in [4.69, 9.17) is 4.74 Å². The average molecular weight is 346 g/mol. The van der Waals surface area contributed by atoms with Crippen LogP contribution in [0.1, 0.15) is 12.8 Å². The van der Waals surface area contributed by atoms with Crippen molar-refractivity contribution < 1.29 is 19.1 Å². The molecule has 2 saturated heterocycles. The van der Waals surface area contributed by atoms with Gasteiger partial charge in [-0.05, 0) is 37.1 Å². The van der Waals surface area contributed by atoms with Crippen LogP contribution in [0.5, 0.6) is 5.75 Å². The molecule has 2 N–H and O–H groups in total. The SMILES string of the molecule is COc1ccc(N[C@@H]2CCCN(C(=O)CN3C(=O)CNC3=O)C2)cc1. The molecule has 4 amide bonds. The number of ether oxygens (including phenoxy) is 1. The predicted octanol–water partition coefficient (Wildman–Crippen LogP) is 0.650. The normalized spacial score (nSPS) is 20.4. The molecule has 0 aromatic heterocycles. The third-order valence-electron chi connectivity index (χ3n) is 4.47. The largest absolute Gasteiger partial charge is 0.497 e. The summed E-state index contributed by atoms with van der Waals surface area (Å²) in [6.45, 7) is 0.964. The summed E-state index contributed by atoms with van der Waals surface area (Å²) in [6.07, 6.45) is 1.83. The van der Waals surface area contributed by atoms with Crippen LogP contribution in [0.3, 0.4) is 0 Å². The Morgan fingerprint density at radius 3 is 2.72 bits per heavy atom. The minimum atomic E-state index is -0.497. The van der Waals surface area contributed by atoms with Crippen LogP contribution in [-0.2, 0) is 9.59 Å². The predicted molar refractivity (Wildman–Crippen MR) is 91.3 cm³/mol. The van der Waals surface area contributed by atoms with Gasteiger partial charge < -0.3 is 20.3 Å². The highest BCUT2D eigenvalue weighted by Gasteiger charge is 2.32. The first kappa shape index (κ1) is 17.1. The number of nitrogens with one attached hydrogen (secondary N) is 2. The second kappa shape index (κ2) is 7.42. The van der Waals surface area contributed by atoms with Gasteiger partial charge in [0.2, 0.25) is 5.91 Å². The zero-order valence-electron chi connectivity index (χ0n) is 14.2. The third kappa shape index (κ3) is 4.01. The van der Waals surface area contributed by atoms with Gasteiger partial charge in [-0.1, -0.05) is 0 Å². The lowest BCUT2D eigenvalue weighted by molar-refractivity contribution is -0.137. The number of carbonyl (C=O) groups excluding carboxylic acids is 3. The standard InChI is InChI=1S/C17H22N4O4/c1-25-14-6-4-12(5-7-14)19-13-3-2-8-20(10-13)16(23)11-21-15(22)9-18-17(21)24/h4-7,13,19H,2-3,8-11H2,1H3,(H,18,24)/t13-/m1/s1. The summed E-state index contributed by atoms with van der Waals surface area (Å²) in [5.41, 5.74) is 0.967. The molecule has 3 rings (SSSR count). The highest BCUT2D eigenvalue weighted by molar-refractivity contribution is 6.04. The third-order valence-corrected chi connectivity index (χ3v) is 4.47. The second-order valence-electron chi connectivity index (χ2n) is 6.19. The van der Waals surface area contributed by atoms with Crippen molar-refractivity contribution >= 4 is 23.5 Å². The summed E-state index contributed by atoms with van der Waals surface area (Å²) >= 11 is 0. The number of carbonyl (C=O) groups is 3. The van der Waals surface area contributed by atoms with Gasteiger partial charge in [0, 0.05) is 24.8 Å². The van der Waals surface area contributed by atoms with Crippen LogP contribution in [0, 0.1) is 0 Å². The maximum absolute atomic E-state index is 12.4. The highest BCUT2D eigenvalue weighted by Crippen LogP contribution is 2.19. The molecule has 1 atom stereocenters. The van der Waals surface area contributed by atoms with Gasteiger partial charge in [0.25, 0.3) is 5.91 Å². The Balaban J connectivity index is 1.55. The van der Waals surface area contributed by atoms with Gasteiger partial charge in [0.05, 0.1) is 13.7 Å². The number of nitrogens with zero attached hydrogens (tertiary/aromatic N) is 2. The number of rotatable bonds is 5. The van der Waals surface area contributed by atoms with E-state index in [0.29, 0.717) is 13.1 Å². The van der Waals surface area contributed by atoms with Crippen molar-refractivity contribution in [1.29, 1.82) is 0 Å². The van der Waals surface area contributed by atoms with Crippen molar-refractivity contribution in [3.8, 4) is 5.75 Å². The van der Waals surface area contributed by atoms with Crippen LogP contribution in [-0.4, -0.2) is 67.0 Å². The quantitative estimate of drug-likeness (QED) is 0.764. The van der Waals surface area contributed by atoms with E-state index in [1.165, 1.54) is 0 Å². The van der Waals surface area contributed by atoms with Crippen LogP contribution < -0.4 is 15.4 Å². The summed E-state index contributed by atoms with van der Waals surface area (Å²) in [5.74, 6) is 0.231. The van der Waals surface area contributed by atoms with Crippen LogP contribution >= 0.6 is 0 Å². The van der Waals surface area contributed by atoms with E-state index in [1.807, 2.05) is 24.3 Å². The Labute approximate surface area is 146 Å². The van der Waals surface area contributed by atoms with E-state index in [2.05, 4.69) is 10.6 Å². The number of anilines is 1. The van der Waals surface area contributed by atoms with Gasteiger partial charge in [0.1, 0.15) is 12.3 Å². The Morgan fingerprint density at radius 1 is 1.32 bits per heavy atom. The molecule has 2 aliphatic heterocycles. The zero-order valence-corrected chi connectivity index (χ0v) is 14.2. The Bertz CT molecular complexity index is 645. The molecular formula is C17H22N4O4. The van der Waals surface area contributed by atoms with E-state index in [9.17, 15) is 14.4 Å². The Kier molecular flexibility index (Phi) is 5.06. The van der Waals surface area contributed by atoms with Crippen LogP contribution in [0.15, 0.2) is 24.3 Å². The Morgan fingerprint density at radius 2 is 2.08 bits per heavy atom. The van der Waals surface area contributed by atoms with Crippen LogP contribution in [0.25, 0.3) is 0 Å². The van der Waals surface area contributed by atoms with Crippen molar-refractivity contribution in [2.45, 2.75) is 18.9 Å². The van der Waals surface area contributed by atoms with Gasteiger partial charge in [-0.2, -0.15) is 0 Å². The summed E-state index contributed by atoms with van der Waals surface area (Å²) in [4.78, 5) is 38.3. The molecule has 0 spiro atoms. The first-order valence-electron chi connectivity index (χ1n) is 8.33. The van der Waals surface area contributed by atoms with Gasteiger partial charge in [-0.25, -0.2) is 4.79 Å². The number of methoxy groups -OCH3 is 1. The van der Waals surface area contributed by atoms with Crippen molar-refractivity contribution in [3.63, 3.8) is 0 Å². The molecule has 2 aliphatic rings. The van der Waals surface area contributed by atoms with Gasteiger partial charge in [0.15, 0.2) is 0 Å². The van der Waals surface area contributed by atoms with Crippen LogP contribution in [0.4, 0.5) is 10.5 Å². The molecule has 0 aliphatic carbocycles. The lowest BCUT2D eigenvalue weighted by Crippen LogP contribution is -2.49. The number of hydrogen-bond donors (Lipinski definition) is 2.